The molecule has 1 N–H and O–H groups in total. The summed E-state index contributed by atoms with van der Waals surface area (Å²) in [4.78, 5) is 21.4. The number of ether oxygens (including phenoxy) is 1. The first-order chi connectivity index (χ1) is 17.3. The Bertz CT molecular complexity index is 1380. The Morgan fingerprint density at radius 1 is 0.973 bits per heavy atom. The minimum Gasteiger partial charge on any atom is -0.483 e. The van der Waals surface area contributed by atoms with Crippen molar-refractivity contribution >= 4 is 23.0 Å². The molecule has 0 saturated carbocycles. The molecule has 0 bridgehead atoms. The van der Waals surface area contributed by atoms with Crippen molar-refractivity contribution in [1.82, 2.24) is 4.98 Å². The maximum atomic E-state index is 13.6. The molecule has 0 spiro atoms. The number of anilines is 1. The second-order valence-electron chi connectivity index (χ2n) is 8.47. The van der Waals surface area contributed by atoms with E-state index in [2.05, 4.69) is 20.0 Å². The maximum Gasteiger partial charge on any atom is 0.422 e. The number of benzene rings is 2. The number of hydrogen-bond donors (Lipinski definition) is 1. The number of carbonyl (C=O) groups is 1. The van der Waals surface area contributed by atoms with Crippen molar-refractivity contribution in [2.24, 2.45) is 4.99 Å². The molecule has 2 heterocycles. The van der Waals surface area contributed by atoms with Crippen molar-refractivity contribution in [3.63, 3.8) is 0 Å². The average Bonchev–Trinajstić information content (AvgIpc) is 2.98. The molecule has 1 aliphatic rings. The van der Waals surface area contributed by atoms with E-state index >= 15 is 0 Å². The van der Waals surface area contributed by atoms with Crippen molar-refractivity contribution in [2.75, 3.05) is 11.9 Å². The molecule has 0 saturated heterocycles. The molecule has 4 rings (SSSR count). The number of aliphatic imine (C=N–C) groups is 1. The minimum absolute atomic E-state index is 0.149. The number of alkyl halides is 6. The molecular formula is C26H21F6N3O2. The number of pyridine rings is 1. The monoisotopic (exact) mass is 521 g/mol. The first-order valence-corrected chi connectivity index (χ1v) is 11.2. The molecule has 0 fully saturated rings. The SMILES string of the molecule is CCc1cc(-c2cccc(C3=Nc4cc(OCC(F)(F)F)c(C(F)(F)F)cc4NC(=O)C3)c2)cc(C)n1. The molecule has 11 heteroatoms. The van der Waals surface area contributed by atoms with Gasteiger partial charge in [-0.1, -0.05) is 25.1 Å². The number of halogens is 6. The van der Waals surface area contributed by atoms with Crippen LogP contribution in [-0.4, -0.2) is 29.4 Å². The van der Waals surface area contributed by atoms with Crippen molar-refractivity contribution < 1.29 is 35.9 Å². The van der Waals surface area contributed by atoms with Gasteiger partial charge < -0.3 is 10.1 Å². The topological polar surface area (TPSA) is 63.6 Å². The normalized spacial score (nSPS) is 13.9. The van der Waals surface area contributed by atoms with E-state index in [1.54, 1.807) is 18.2 Å². The Morgan fingerprint density at radius 3 is 2.38 bits per heavy atom. The lowest BCUT2D eigenvalue weighted by Gasteiger charge is -2.17. The van der Waals surface area contributed by atoms with E-state index < -0.39 is 36.2 Å². The van der Waals surface area contributed by atoms with Crippen LogP contribution in [0.25, 0.3) is 11.1 Å². The van der Waals surface area contributed by atoms with E-state index in [9.17, 15) is 31.1 Å². The molecule has 5 nitrogen and oxygen atoms in total. The third-order valence-corrected chi connectivity index (χ3v) is 5.55. The summed E-state index contributed by atoms with van der Waals surface area (Å²) in [6.07, 6.45) is -9.39. The summed E-state index contributed by atoms with van der Waals surface area (Å²) in [5, 5.41) is 2.36. The van der Waals surface area contributed by atoms with Gasteiger partial charge in [0.2, 0.25) is 5.91 Å². The van der Waals surface area contributed by atoms with Crippen molar-refractivity contribution in [1.29, 1.82) is 0 Å². The van der Waals surface area contributed by atoms with E-state index in [-0.39, 0.29) is 23.5 Å². The maximum absolute atomic E-state index is 13.6. The Morgan fingerprint density at radius 2 is 1.70 bits per heavy atom. The van der Waals surface area contributed by atoms with Crippen LogP contribution in [0.2, 0.25) is 0 Å². The number of carbonyl (C=O) groups excluding carboxylic acids is 1. The summed E-state index contributed by atoms with van der Waals surface area (Å²) < 4.78 is 83.1. The number of rotatable bonds is 5. The molecule has 3 aromatic rings. The fraction of sp³-hybridized carbons (Fsp3) is 0.269. The molecule has 2 aromatic carbocycles. The Hall–Kier alpha value is -3.89. The van der Waals surface area contributed by atoms with Gasteiger partial charge in [-0.05, 0) is 54.3 Å². The minimum atomic E-state index is -5.02. The van der Waals surface area contributed by atoms with E-state index in [4.69, 9.17) is 0 Å². The lowest BCUT2D eigenvalue weighted by Crippen LogP contribution is -2.21. The Labute approximate surface area is 208 Å². The highest BCUT2D eigenvalue weighted by Gasteiger charge is 2.38. The first kappa shape index (κ1) is 26.2. The van der Waals surface area contributed by atoms with Crippen LogP contribution in [-0.2, 0) is 17.4 Å². The number of fused-ring (bicyclic) bond motifs is 1. The van der Waals surface area contributed by atoms with Gasteiger partial charge >= 0.3 is 12.4 Å². The third kappa shape index (κ3) is 6.28. The smallest absolute Gasteiger partial charge is 0.422 e. The van der Waals surface area contributed by atoms with Crippen LogP contribution >= 0.6 is 0 Å². The average molecular weight is 521 g/mol. The van der Waals surface area contributed by atoms with Crippen molar-refractivity contribution in [3.05, 3.63) is 71.0 Å². The van der Waals surface area contributed by atoms with Gasteiger partial charge in [0, 0.05) is 17.5 Å². The summed E-state index contributed by atoms with van der Waals surface area (Å²) in [6, 6.07) is 12.2. The molecule has 1 amide bonds. The largest absolute Gasteiger partial charge is 0.483 e. The van der Waals surface area contributed by atoms with Gasteiger partial charge in [0.15, 0.2) is 6.61 Å². The predicted molar refractivity (Wildman–Crippen MR) is 126 cm³/mol. The highest BCUT2D eigenvalue weighted by Crippen LogP contribution is 2.43. The number of nitrogens with one attached hydrogen (secondary N) is 1. The summed E-state index contributed by atoms with van der Waals surface area (Å²) in [5.74, 6) is -1.65. The lowest BCUT2D eigenvalue weighted by molar-refractivity contribution is -0.158. The zero-order valence-corrected chi connectivity index (χ0v) is 19.7. The molecule has 194 valence electrons. The molecule has 1 aliphatic heterocycles. The Kier molecular flexibility index (Phi) is 6.98. The lowest BCUT2D eigenvalue weighted by atomic mass is 9.99. The van der Waals surface area contributed by atoms with Crippen LogP contribution in [0.4, 0.5) is 37.7 Å². The van der Waals surface area contributed by atoms with Crippen molar-refractivity contribution in [2.45, 2.75) is 39.0 Å². The van der Waals surface area contributed by atoms with Crippen LogP contribution < -0.4 is 10.1 Å². The van der Waals surface area contributed by atoms with Gasteiger partial charge in [-0.15, -0.1) is 0 Å². The van der Waals surface area contributed by atoms with Gasteiger partial charge in [-0.2, -0.15) is 26.3 Å². The highest BCUT2D eigenvalue weighted by atomic mass is 19.4. The number of amides is 1. The summed E-state index contributed by atoms with van der Waals surface area (Å²) in [5.41, 5.74) is 2.32. The first-order valence-electron chi connectivity index (χ1n) is 11.2. The van der Waals surface area contributed by atoms with Gasteiger partial charge in [0.1, 0.15) is 5.75 Å². The van der Waals surface area contributed by atoms with E-state index in [0.717, 1.165) is 35.0 Å². The quantitative estimate of drug-likeness (QED) is 0.366. The summed E-state index contributed by atoms with van der Waals surface area (Å²) in [6.45, 7) is 1.94. The third-order valence-electron chi connectivity index (χ3n) is 5.55. The highest BCUT2D eigenvalue weighted by molar-refractivity contribution is 6.17. The molecule has 0 atom stereocenters. The van der Waals surface area contributed by atoms with Gasteiger partial charge in [0.25, 0.3) is 0 Å². The zero-order chi connectivity index (χ0) is 27.0. The number of aryl methyl sites for hydroxylation is 2. The van der Waals surface area contributed by atoms with E-state index in [1.165, 1.54) is 0 Å². The van der Waals surface area contributed by atoms with Crippen LogP contribution in [0.5, 0.6) is 5.75 Å². The Balaban J connectivity index is 1.79. The number of aromatic nitrogens is 1. The fourth-order valence-electron chi connectivity index (χ4n) is 3.92. The molecule has 0 radical (unpaired) electrons. The van der Waals surface area contributed by atoms with Gasteiger partial charge in [-0.3, -0.25) is 9.78 Å². The second-order valence-corrected chi connectivity index (χ2v) is 8.47. The van der Waals surface area contributed by atoms with E-state index in [0.29, 0.717) is 11.6 Å². The number of hydrogen-bond acceptors (Lipinski definition) is 4. The van der Waals surface area contributed by atoms with Crippen molar-refractivity contribution in [3.8, 4) is 16.9 Å². The van der Waals surface area contributed by atoms with Crippen LogP contribution in [0, 0.1) is 6.92 Å². The molecule has 0 aliphatic carbocycles. The molecule has 37 heavy (non-hydrogen) atoms. The molecular weight excluding hydrogens is 500 g/mol. The fourth-order valence-corrected chi connectivity index (χ4v) is 3.92. The predicted octanol–water partition coefficient (Wildman–Crippen LogP) is 7.04. The summed E-state index contributed by atoms with van der Waals surface area (Å²) >= 11 is 0. The van der Waals surface area contributed by atoms with Gasteiger partial charge in [-0.25, -0.2) is 4.99 Å². The zero-order valence-electron chi connectivity index (χ0n) is 19.7. The van der Waals surface area contributed by atoms with E-state index in [1.807, 2.05) is 32.0 Å². The standard InChI is InChI=1S/C26H21F6N3O2/c1-3-18-9-17(7-14(2)33-18)15-5-4-6-16(8-15)20-12-24(36)35-21-10-19(26(30,31)32)23(11-22(21)34-20)37-13-25(27,28)29/h4-11H,3,12-13H2,1-2H3,(H,35,36). The molecule has 1 aromatic heterocycles. The second kappa shape index (κ2) is 9.87. The molecule has 0 unspecified atom stereocenters. The van der Waals surface area contributed by atoms with Gasteiger partial charge in [0.05, 0.1) is 29.1 Å². The number of nitrogens with zero attached hydrogens (tertiary/aromatic N) is 2. The van der Waals surface area contributed by atoms with Crippen LogP contribution in [0.15, 0.2) is 53.5 Å². The summed E-state index contributed by atoms with van der Waals surface area (Å²) in [7, 11) is 0. The van der Waals surface area contributed by atoms with Crippen LogP contribution in [0.3, 0.4) is 0 Å². The van der Waals surface area contributed by atoms with Crippen LogP contribution in [0.1, 0.15) is 35.9 Å².